The van der Waals surface area contributed by atoms with E-state index in [2.05, 4.69) is 5.10 Å². The molecule has 0 unspecified atom stereocenters. The van der Waals surface area contributed by atoms with Crippen molar-refractivity contribution >= 4 is 32.6 Å². The summed E-state index contributed by atoms with van der Waals surface area (Å²) in [5, 5.41) is 12.8. The summed E-state index contributed by atoms with van der Waals surface area (Å²) in [5.41, 5.74) is 0.837. The molecule has 0 bridgehead atoms. The molecule has 1 aliphatic rings. The molecule has 5 nitrogen and oxygen atoms in total. The molecule has 0 radical (unpaired) electrons. The van der Waals surface area contributed by atoms with Crippen LogP contribution < -0.4 is 0 Å². The Bertz CT molecular complexity index is 1050. The molecule has 0 atom stereocenters. The van der Waals surface area contributed by atoms with Gasteiger partial charge in [-0.25, -0.2) is 4.79 Å². The molecule has 138 valence electrons. The number of carboxylic acid groups (broad SMARTS) is 1. The first-order valence-electron chi connectivity index (χ1n) is 8.61. The molecule has 10 heteroatoms. The van der Waals surface area contributed by atoms with Crippen molar-refractivity contribution in [1.29, 1.82) is 0 Å². The van der Waals surface area contributed by atoms with Gasteiger partial charge in [0.15, 0.2) is 0 Å². The van der Waals surface area contributed by atoms with E-state index in [4.69, 9.17) is 0 Å². The minimum absolute atomic E-state index is 0.148. The maximum atomic E-state index is 13.4. The second kappa shape index (κ2) is 5.68. The molecule has 2 heterocycles. The van der Waals surface area contributed by atoms with Crippen LogP contribution in [0.4, 0.5) is 13.2 Å². The maximum absolute atomic E-state index is 13.4. The zero-order valence-electron chi connectivity index (χ0n) is 14.8. The molecule has 0 aliphatic heterocycles. The Kier molecular flexibility index (Phi) is 3.73. The minimum Gasteiger partial charge on any atom is -0.478 e. The van der Waals surface area contributed by atoms with Crippen LogP contribution in [-0.4, -0.2) is 41.1 Å². The number of halogens is 3. The van der Waals surface area contributed by atoms with Gasteiger partial charge in [-0.3, -0.25) is 4.68 Å². The lowest BCUT2D eigenvalue weighted by atomic mass is 9.59. The molecule has 1 saturated carbocycles. The van der Waals surface area contributed by atoms with Crippen LogP contribution in [0, 0.1) is 0 Å². The summed E-state index contributed by atoms with van der Waals surface area (Å²) < 4.78 is 43.3. The minimum atomic E-state index is -4.51. The first-order chi connectivity index (χ1) is 12.6. The predicted octanol–water partition coefficient (Wildman–Crippen LogP) is 1.81. The molecule has 4 rings (SSSR count). The smallest absolute Gasteiger partial charge is 0.433 e. The van der Waals surface area contributed by atoms with Crippen molar-refractivity contribution in [3.8, 4) is 0 Å². The molecule has 1 aromatic carbocycles. The number of aromatic nitrogens is 3. The fourth-order valence-corrected chi connectivity index (χ4v) is 3.64. The van der Waals surface area contributed by atoms with Gasteiger partial charge < -0.3 is 9.67 Å². The van der Waals surface area contributed by atoms with Crippen molar-refractivity contribution < 1.29 is 23.1 Å². The van der Waals surface area contributed by atoms with Crippen molar-refractivity contribution in [1.82, 2.24) is 14.3 Å². The number of hydrogen-bond donors (Lipinski definition) is 1. The lowest BCUT2D eigenvalue weighted by Gasteiger charge is -2.30. The van der Waals surface area contributed by atoms with Crippen molar-refractivity contribution in [2.75, 3.05) is 0 Å². The van der Waals surface area contributed by atoms with Crippen LogP contribution in [0.1, 0.15) is 40.6 Å². The number of rotatable bonds is 4. The average Bonchev–Trinajstić information content (AvgIpc) is 3.14. The van der Waals surface area contributed by atoms with Crippen LogP contribution >= 0.6 is 0 Å². The lowest BCUT2D eigenvalue weighted by Crippen LogP contribution is -2.41. The first-order valence-corrected chi connectivity index (χ1v) is 8.61. The molecule has 0 spiro atoms. The lowest BCUT2D eigenvalue weighted by molar-refractivity contribution is -0.144. The zero-order valence-corrected chi connectivity index (χ0v) is 14.8. The Balaban J connectivity index is 1.94. The Labute approximate surface area is 154 Å². The Morgan fingerprint density at radius 1 is 1.15 bits per heavy atom. The van der Waals surface area contributed by atoms with Crippen LogP contribution in [-0.2, 0) is 11.5 Å². The summed E-state index contributed by atoms with van der Waals surface area (Å²) in [5.74, 6) is -1.04. The third kappa shape index (κ3) is 2.83. The van der Waals surface area contributed by atoms with E-state index >= 15 is 0 Å². The van der Waals surface area contributed by atoms with Crippen molar-refractivity contribution in [2.24, 2.45) is 0 Å². The normalized spacial score (nSPS) is 15.4. The van der Waals surface area contributed by atoms with Gasteiger partial charge in [-0.15, -0.1) is 0 Å². The van der Waals surface area contributed by atoms with E-state index in [-0.39, 0.29) is 11.6 Å². The summed E-state index contributed by atoms with van der Waals surface area (Å²) in [6.45, 7) is 0. The average molecular weight is 373 g/mol. The quantitative estimate of drug-likeness (QED) is 0.710. The van der Waals surface area contributed by atoms with Gasteiger partial charge in [0.25, 0.3) is 0 Å². The Morgan fingerprint density at radius 2 is 1.85 bits per heavy atom. The number of alkyl halides is 3. The SMILES string of the molecule is BC(B)(c1cc2cc(C(=O)O)ccc2n1C1CC1)n1nccc1C(F)(F)F. The summed E-state index contributed by atoms with van der Waals surface area (Å²) in [4.78, 5) is 11.3. The number of nitrogens with zero attached hydrogens (tertiary/aromatic N) is 3. The van der Waals surface area contributed by atoms with E-state index in [1.54, 1.807) is 33.9 Å². The molecule has 3 aromatic rings. The number of carboxylic acids is 1. The zero-order chi connectivity index (χ0) is 19.6. The number of carbonyl (C=O) groups is 1. The molecular weight excluding hydrogens is 357 g/mol. The molecule has 1 N–H and O–H groups in total. The molecule has 0 saturated heterocycles. The highest BCUT2D eigenvalue weighted by atomic mass is 19.4. The van der Waals surface area contributed by atoms with Gasteiger partial charge in [-0.05, 0) is 43.2 Å². The number of benzene rings is 1. The van der Waals surface area contributed by atoms with Gasteiger partial charge in [0, 0.05) is 34.2 Å². The fourth-order valence-electron chi connectivity index (χ4n) is 3.64. The molecular formula is C17H16B2F3N3O2. The van der Waals surface area contributed by atoms with Gasteiger partial charge in [-0.1, -0.05) is 0 Å². The highest BCUT2D eigenvalue weighted by molar-refractivity contribution is 6.40. The monoisotopic (exact) mass is 373 g/mol. The van der Waals surface area contributed by atoms with Crippen LogP contribution in [0.3, 0.4) is 0 Å². The van der Waals surface area contributed by atoms with Gasteiger partial charge in [-0.2, -0.15) is 18.3 Å². The third-order valence-corrected chi connectivity index (χ3v) is 5.09. The topological polar surface area (TPSA) is 60.0 Å². The highest BCUT2D eigenvalue weighted by Crippen LogP contribution is 2.43. The number of fused-ring (bicyclic) bond motifs is 1. The molecule has 1 aliphatic carbocycles. The summed E-state index contributed by atoms with van der Waals surface area (Å²) in [6, 6.07) is 7.76. The summed E-state index contributed by atoms with van der Waals surface area (Å²) >= 11 is 0. The standard InChI is InChI=1S/C17H16B2F3N3O2/c18-16(19,25-13(5-6-23-25)17(20,21)22)14-8-10-7-9(15(26)27)1-4-12(10)24(14)11-2-3-11/h1,4-8,11H,2-3,18-19H2,(H,26,27). The van der Waals surface area contributed by atoms with E-state index < -0.39 is 23.2 Å². The molecule has 1 fully saturated rings. The van der Waals surface area contributed by atoms with Gasteiger partial charge in [0.05, 0.1) is 5.56 Å². The van der Waals surface area contributed by atoms with Gasteiger partial charge in [0.1, 0.15) is 21.4 Å². The van der Waals surface area contributed by atoms with Crippen LogP contribution in [0.2, 0.25) is 0 Å². The Morgan fingerprint density at radius 3 is 2.44 bits per heavy atom. The maximum Gasteiger partial charge on any atom is 0.433 e. The van der Waals surface area contributed by atoms with Crippen molar-refractivity contribution in [3.05, 3.63) is 53.5 Å². The highest BCUT2D eigenvalue weighted by Gasteiger charge is 2.41. The molecule has 0 amide bonds. The second-order valence-electron chi connectivity index (χ2n) is 7.39. The summed E-state index contributed by atoms with van der Waals surface area (Å²) in [7, 11) is 3.39. The van der Waals surface area contributed by atoms with Crippen molar-refractivity contribution in [3.63, 3.8) is 0 Å². The van der Waals surface area contributed by atoms with E-state index in [1.807, 2.05) is 4.57 Å². The van der Waals surface area contributed by atoms with Gasteiger partial charge in [0.2, 0.25) is 0 Å². The van der Waals surface area contributed by atoms with Crippen LogP contribution in [0.15, 0.2) is 36.5 Å². The van der Waals surface area contributed by atoms with E-state index in [0.717, 1.165) is 35.3 Å². The number of hydrogen-bond acceptors (Lipinski definition) is 2. The Hall–Kier alpha value is -2.64. The third-order valence-electron chi connectivity index (χ3n) is 5.09. The van der Waals surface area contributed by atoms with Gasteiger partial charge >= 0.3 is 12.1 Å². The summed E-state index contributed by atoms with van der Waals surface area (Å²) in [6.07, 6.45) is -1.48. The molecule has 2 aromatic heterocycles. The first kappa shape index (κ1) is 17.8. The van der Waals surface area contributed by atoms with E-state index in [0.29, 0.717) is 11.1 Å². The second-order valence-corrected chi connectivity index (χ2v) is 7.39. The van der Waals surface area contributed by atoms with Crippen molar-refractivity contribution in [2.45, 2.75) is 30.4 Å². The fraction of sp³-hybridized carbons (Fsp3) is 0.294. The van der Waals surface area contributed by atoms with Crippen LogP contribution in [0.5, 0.6) is 0 Å². The molecule has 27 heavy (non-hydrogen) atoms. The largest absolute Gasteiger partial charge is 0.478 e. The predicted molar refractivity (Wildman–Crippen MR) is 98.6 cm³/mol. The van der Waals surface area contributed by atoms with E-state index in [9.17, 15) is 23.1 Å². The number of aromatic carboxylic acids is 1. The van der Waals surface area contributed by atoms with E-state index in [1.165, 1.54) is 6.07 Å². The van der Waals surface area contributed by atoms with Crippen LogP contribution in [0.25, 0.3) is 10.9 Å².